The fourth-order valence-electron chi connectivity index (χ4n) is 3.03. The fraction of sp³-hybridized carbons (Fsp3) is 1.00. The van der Waals surface area contributed by atoms with Crippen molar-refractivity contribution < 1.29 is 9.84 Å². The summed E-state index contributed by atoms with van der Waals surface area (Å²) in [6.07, 6.45) is 7.40. The minimum Gasteiger partial charge on any atom is -0.392 e. The zero-order valence-electron chi connectivity index (χ0n) is 8.46. The molecule has 2 nitrogen and oxygen atoms in total. The van der Waals surface area contributed by atoms with Gasteiger partial charge in [0.1, 0.15) is 0 Å². The average molecular weight is 184 g/mol. The molecule has 2 saturated carbocycles. The van der Waals surface area contributed by atoms with Gasteiger partial charge in [-0.15, -0.1) is 0 Å². The number of aliphatic hydroxyl groups is 1. The van der Waals surface area contributed by atoms with Gasteiger partial charge in [0, 0.05) is 18.4 Å². The Morgan fingerprint density at radius 1 is 1.31 bits per heavy atom. The molecule has 0 amide bonds. The van der Waals surface area contributed by atoms with E-state index >= 15 is 0 Å². The highest BCUT2D eigenvalue weighted by atomic mass is 16.5. The van der Waals surface area contributed by atoms with Crippen molar-refractivity contribution in [2.75, 3.05) is 6.61 Å². The van der Waals surface area contributed by atoms with Gasteiger partial charge in [0.2, 0.25) is 0 Å². The van der Waals surface area contributed by atoms with Crippen molar-refractivity contribution in [1.82, 2.24) is 0 Å². The molecule has 2 aliphatic rings. The highest BCUT2D eigenvalue weighted by molar-refractivity contribution is 5.05. The summed E-state index contributed by atoms with van der Waals surface area (Å²) in [7, 11) is 0. The Morgan fingerprint density at radius 3 is 2.54 bits per heavy atom. The second-order valence-electron chi connectivity index (χ2n) is 4.49. The summed E-state index contributed by atoms with van der Waals surface area (Å²) in [5.41, 5.74) is 0.161. The van der Waals surface area contributed by atoms with Crippen LogP contribution in [0, 0.1) is 5.41 Å². The number of ether oxygens (including phenoxy) is 1. The van der Waals surface area contributed by atoms with Crippen LogP contribution in [0.25, 0.3) is 0 Å². The second-order valence-corrected chi connectivity index (χ2v) is 4.49. The fourth-order valence-corrected chi connectivity index (χ4v) is 3.03. The molecule has 0 heterocycles. The van der Waals surface area contributed by atoms with Crippen LogP contribution >= 0.6 is 0 Å². The van der Waals surface area contributed by atoms with Gasteiger partial charge in [-0.3, -0.25) is 0 Å². The lowest BCUT2D eigenvalue weighted by atomic mass is 9.56. The van der Waals surface area contributed by atoms with Crippen LogP contribution in [0.15, 0.2) is 0 Å². The van der Waals surface area contributed by atoms with E-state index in [-0.39, 0.29) is 11.5 Å². The summed E-state index contributed by atoms with van der Waals surface area (Å²) in [5.74, 6) is 0. The lowest BCUT2D eigenvalue weighted by Gasteiger charge is -2.55. The first-order valence-corrected chi connectivity index (χ1v) is 5.59. The number of aliphatic hydroxyl groups excluding tert-OH is 1. The Balaban J connectivity index is 1.99. The van der Waals surface area contributed by atoms with Crippen molar-refractivity contribution in [3.05, 3.63) is 0 Å². The monoisotopic (exact) mass is 184 g/mol. The molecule has 0 saturated heterocycles. The molecule has 0 unspecified atom stereocenters. The summed E-state index contributed by atoms with van der Waals surface area (Å²) >= 11 is 0. The van der Waals surface area contributed by atoms with Crippen molar-refractivity contribution in [2.45, 2.75) is 57.7 Å². The third kappa shape index (κ3) is 1.40. The predicted molar refractivity (Wildman–Crippen MR) is 51.6 cm³/mol. The first-order valence-electron chi connectivity index (χ1n) is 5.59. The molecule has 1 N–H and O–H groups in total. The Hall–Kier alpha value is -0.0800. The normalized spacial score (nSPS) is 37.4. The molecule has 1 spiro atoms. The topological polar surface area (TPSA) is 29.5 Å². The molecule has 0 aromatic heterocycles. The van der Waals surface area contributed by atoms with Crippen LogP contribution in [0.1, 0.15) is 45.4 Å². The Kier molecular flexibility index (Phi) is 2.61. The van der Waals surface area contributed by atoms with Crippen molar-refractivity contribution in [3.63, 3.8) is 0 Å². The highest BCUT2D eigenvalue weighted by Crippen LogP contribution is 2.53. The van der Waals surface area contributed by atoms with E-state index in [9.17, 15) is 5.11 Å². The molecule has 0 bridgehead atoms. The van der Waals surface area contributed by atoms with Crippen LogP contribution in [0.2, 0.25) is 0 Å². The zero-order chi connectivity index (χ0) is 9.31. The highest BCUT2D eigenvalue weighted by Gasteiger charge is 2.54. The van der Waals surface area contributed by atoms with Gasteiger partial charge < -0.3 is 9.84 Å². The van der Waals surface area contributed by atoms with Crippen LogP contribution in [0.4, 0.5) is 0 Å². The van der Waals surface area contributed by atoms with Gasteiger partial charge in [-0.05, 0) is 19.8 Å². The third-order valence-electron chi connectivity index (χ3n) is 3.89. The van der Waals surface area contributed by atoms with E-state index in [1.807, 2.05) is 6.92 Å². The van der Waals surface area contributed by atoms with E-state index in [0.29, 0.717) is 6.10 Å². The van der Waals surface area contributed by atoms with Crippen molar-refractivity contribution >= 4 is 0 Å². The quantitative estimate of drug-likeness (QED) is 0.712. The van der Waals surface area contributed by atoms with Crippen LogP contribution < -0.4 is 0 Å². The SMILES string of the molecule is CCO[C@H]1C[C@@H](O)C12CCCCC2. The summed E-state index contributed by atoms with van der Waals surface area (Å²) in [5, 5.41) is 9.84. The van der Waals surface area contributed by atoms with Crippen LogP contribution in [-0.4, -0.2) is 23.9 Å². The molecule has 2 rings (SSSR count). The van der Waals surface area contributed by atoms with E-state index < -0.39 is 0 Å². The minimum atomic E-state index is -0.0793. The molecule has 0 aromatic carbocycles. The number of hydrogen-bond acceptors (Lipinski definition) is 2. The van der Waals surface area contributed by atoms with Gasteiger partial charge in [0.15, 0.2) is 0 Å². The van der Waals surface area contributed by atoms with E-state index in [2.05, 4.69) is 0 Å². The molecular formula is C11H20O2. The average Bonchev–Trinajstić information content (AvgIpc) is 2.19. The first-order chi connectivity index (χ1) is 6.29. The van der Waals surface area contributed by atoms with E-state index in [1.54, 1.807) is 0 Å². The molecule has 0 radical (unpaired) electrons. The van der Waals surface area contributed by atoms with Gasteiger partial charge in [-0.1, -0.05) is 19.3 Å². The molecule has 0 aromatic rings. The number of rotatable bonds is 2. The molecule has 2 fully saturated rings. The van der Waals surface area contributed by atoms with Crippen LogP contribution in [0.5, 0.6) is 0 Å². The minimum absolute atomic E-state index is 0.0793. The maximum absolute atomic E-state index is 9.84. The van der Waals surface area contributed by atoms with Crippen LogP contribution in [0.3, 0.4) is 0 Å². The molecular weight excluding hydrogens is 164 g/mol. The Labute approximate surface area is 80.3 Å². The Bertz CT molecular complexity index is 171. The van der Waals surface area contributed by atoms with Crippen molar-refractivity contribution in [1.29, 1.82) is 0 Å². The van der Waals surface area contributed by atoms with E-state index in [1.165, 1.54) is 32.1 Å². The second kappa shape index (κ2) is 3.58. The zero-order valence-corrected chi connectivity index (χ0v) is 8.46. The first kappa shape index (κ1) is 9.47. The lowest BCUT2D eigenvalue weighted by molar-refractivity contribution is -0.204. The van der Waals surface area contributed by atoms with Crippen LogP contribution in [-0.2, 0) is 4.74 Å². The standard InChI is InChI=1S/C11H20O2/c1-2-13-10-8-9(12)11(10)6-4-3-5-7-11/h9-10,12H,2-8H2,1H3/t9-,10+/m1/s1. The maximum Gasteiger partial charge on any atom is 0.0680 e. The van der Waals surface area contributed by atoms with Gasteiger partial charge in [-0.2, -0.15) is 0 Å². The van der Waals surface area contributed by atoms with E-state index in [0.717, 1.165) is 13.0 Å². The lowest BCUT2D eigenvalue weighted by Crippen LogP contribution is -2.58. The summed E-state index contributed by atoms with van der Waals surface area (Å²) < 4.78 is 5.68. The molecule has 0 aliphatic heterocycles. The summed E-state index contributed by atoms with van der Waals surface area (Å²) in [6.45, 7) is 2.83. The summed E-state index contributed by atoms with van der Waals surface area (Å²) in [4.78, 5) is 0. The van der Waals surface area contributed by atoms with Crippen molar-refractivity contribution in [3.8, 4) is 0 Å². The molecule has 2 atom stereocenters. The summed E-state index contributed by atoms with van der Waals surface area (Å²) in [6, 6.07) is 0. The van der Waals surface area contributed by atoms with Gasteiger partial charge in [-0.25, -0.2) is 0 Å². The smallest absolute Gasteiger partial charge is 0.0680 e. The predicted octanol–water partition coefficient (Wildman–Crippen LogP) is 2.11. The molecule has 2 aliphatic carbocycles. The van der Waals surface area contributed by atoms with E-state index in [4.69, 9.17) is 4.74 Å². The molecule has 2 heteroatoms. The molecule has 13 heavy (non-hydrogen) atoms. The Morgan fingerprint density at radius 2 is 2.00 bits per heavy atom. The number of hydrogen-bond donors (Lipinski definition) is 1. The van der Waals surface area contributed by atoms with Gasteiger partial charge in [0.05, 0.1) is 12.2 Å². The molecule has 76 valence electrons. The third-order valence-corrected chi connectivity index (χ3v) is 3.89. The van der Waals surface area contributed by atoms with Gasteiger partial charge in [0.25, 0.3) is 0 Å². The largest absolute Gasteiger partial charge is 0.392 e. The van der Waals surface area contributed by atoms with Crippen molar-refractivity contribution in [2.24, 2.45) is 5.41 Å². The maximum atomic E-state index is 9.84. The van der Waals surface area contributed by atoms with Gasteiger partial charge >= 0.3 is 0 Å².